The molecule has 3 heteroatoms. The molecule has 0 radical (unpaired) electrons. The van der Waals surface area contributed by atoms with Crippen molar-refractivity contribution in [3.63, 3.8) is 0 Å². The summed E-state index contributed by atoms with van der Waals surface area (Å²) >= 11 is 0. The van der Waals surface area contributed by atoms with Crippen LogP contribution < -0.4 is 10.1 Å². The van der Waals surface area contributed by atoms with Crippen LogP contribution in [0.3, 0.4) is 0 Å². The van der Waals surface area contributed by atoms with E-state index in [1.54, 1.807) is 0 Å². The second-order valence-corrected chi connectivity index (χ2v) is 5.25. The first kappa shape index (κ1) is 13.1. The second kappa shape index (κ2) is 6.01. The Morgan fingerprint density at radius 1 is 1.39 bits per heavy atom. The zero-order valence-corrected chi connectivity index (χ0v) is 11.1. The molecule has 0 saturated heterocycles. The van der Waals surface area contributed by atoms with E-state index in [0.29, 0.717) is 19.1 Å². The van der Waals surface area contributed by atoms with Gasteiger partial charge in [-0.1, -0.05) is 26.0 Å². The van der Waals surface area contributed by atoms with Crippen LogP contribution in [0.2, 0.25) is 0 Å². The van der Waals surface area contributed by atoms with Crippen LogP contribution in [0.5, 0.6) is 5.75 Å². The molecule has 1 heterocycles. The van der Waals surface area contributed by atoms with Gasteiger partial charge in [-0.15, -0.1) is 0 Å². The molecule has 0 fully saturated rings. The van der Waals surface area contributed by atoms with E-state index in [2.05, 4.69) is 19.2 Å². The molecular formula is C15H21NO2. The van der Waals surface area contributed by atoms with Gasteiger partial charge in [0, 0.05) is 6.54 Å². The van der Waals surface area contributed by atoms with E-state index in [9.17, 15) is 4.79 Å². The molecule has 1 aliphatic heterocycles. The van der Waals surface area contributed by atoms with E-state index in [-0.39, 0.29) is 11.7 Å². The number of carbonyl (C=O) groups is 1. The average Bonchev–Trinajstić information content (AvgIpc) is 2.37. The van der Waals surface area contributed by atoms with Gasteiger partial charge in [0.2, 0.25) is 0 Å². The van der Waals surface area contributed by atoms with Gasteiger partial charge in [0.25, 0.3) is 0 Å². The molecule has 0 aliphatic carbocycles. The molecule has 2 rings (SSSR count). The van der Waals surface area contributed by atoms with Gasteiger partial charge in [0.1, 0.15) is 5.75 Å². The molecule has 3 nitrogen and oxygen atoms in total. The minimum Gasteiger partial charge on any atom is -0.492 e. The van der Waals surface area contributed by atoms with Gasteiger partial charge in [-0.05, 0) is 31.0 Å². The van der Waals surface area contributed by atoms with Gasteiger partial charge < -0.3 is 10.1 Å². The van der Waals surface area contributed by atoms with Crippen LogP contribution >= 0.6 is 0 Å². The lowest BCUT2D eigenvalue weighted by atomic mass is 9.95. The van der Waals surface area contributed by atoms with E-state index in [0.717, 1.165) is 24.3 Å². The Balaban J connectivity index is 1.88. The molecule has 0 aromatic heterocycles. The lowest BCUT2D eigenvalue weighted by Gasteiger charge is -2.24. The smallest absolute Gasteiger partial charge is 0.174 e. The molecule has 18 heavy (non-hydrogen) atoms. The maximum atomic E-state index is 12.2. The van der Waals surface area contributed by atoms with Crippen LogP contribution in [0.4, 0.5) is 0 Å². The fourth-order valence-electron chi connectivity index (χ4n) is 2.10. The van der Waals surface area contributed by atoms with Crippen molar-refractivity contribution < 1.29 is 9.53 Å². The molecule has 1 aromatic carbocycles. The Hall–Kier alpha value is -1.35. The Morgan fingerprint density at radius 3 is 2.94 bits per heavy atom. The van der Waals surface area contributed by atoms with Gasteiger partial charge in [-0.2, -0.15) is 0 Å². The van der Waals surface area contributed by atoms with Crippen molar-refractivity contribution in [3.05, 3.63) is 29.8 Å². The number of fused-ring (bicyclic) bond motifs is 1. The molecule has 0 saturated carbocycles. The van der Waals surface area contributed by atoms with Crippen molar-refractivity contribution in [3.8, 4) is 5.75 Å². The molecule has 0 bridgehead atoms. The summed E-state index contributed by atoms with van der Waals surface area (Å²) in [5.41, 5.74) is 0.722. The zero-order chi connectivity index (χ0) is 13.0. The highest BCUT2D eigenvalue weighted by atomic mass is 16.5. The Morgan fingerprint density at radius 2 is 2.17 bits per heavy atom. The van der Waals surface area contributed by atoms with Crippen molar-refractivity contribution in [1.29, 1.82) is 0 Å². The highest BCUT2D eigenvalue weighted by Crippen LogP contribution is 2.26. The van der Waals surface area contributed by atoms with Crippen LogP contribution in [0, 0.1) is 11.8 Å². The SMILES string of the molecule is CC(C)CCNCC1COc2ccccc2C1=O. The molecular weight excluding hydrogens is 226 g/mol. The molecule has 0 amide bonds. The molecule has 1 N–H and O–H groups in total. The number of hydrogen-bond acceptors (Lipinski definition) is 3. The number of hydrogen-bond donors (Lipinski definition) is 1. The number of carbonyl (C=O) groups excluding carboxylic acids is 1. The fourth-order valence-corrected chi connectivity index (χ4v) is 2.10. The van der Waals surface area contributed by atoms with E-state index < -0.39 is 0 Å². The Bertz CT molecular complexity index is 415. The topological polar surface area (TPSA) is 38.3 Å². The minimum absolute atomic E-state index is 0.0490. The molecule has 1 unspecified atom stereocenters. The second-order valence-electron chi connectivity index (χ2n) is 5.25. The lowest BCUT2D eigenvalue weighted by Crippen LogP contribution is -2.36. The van der Waals surface area contributed by atoms with Crippen molar-refractivity contribution in [2.24, 2.45) is 11.8 Å². The summed E-state index contributed by atoms with van der Waals surface area (Å²) < 4.78 is 5.62. The van der Waals surface area contributed by atoms with E-state index in [1.165, 1.54) is 0 Å². The first-order chi connectivity index (χ1) is 8.68. The molecule has 0 spiro atoms. The number of ether oxygens (including phenoxy) is 1. The first-order valence-corrected chi connectivity index (χ1v) is 6.65. The van der Waals surface area contributed by atoms with Crippen LogP contribution in [0.15, 0.2) is 24.3 Å². The Labute approximate surface area is 109 Å². The number of nitrogens with one attached hydrogen (secondary N) is 1. The number of Topliss-reactive ketones (excluding diaryl/α,β-unsaturated/α-hetero) is 1. The summed E-state index contributed by atoms with van der Waals surface area (Å²) in [7, 11) is 0. The molecule has 1 atom stereocenters. The molecule has 98 valence electrons. The third-order valence-electron chi connectivity index (χ3n) is 3.25. The summed E-state index contributed by atoms with van der Waals surface area (Å²) in [6.07, 6.45) is 1.14. The molecule has 1 aromatic rings. The van der Waals surface area contributed by atoms with Crippen LogP contribution in [0.25, 0.3) is 0 Å². The van der Waals surface area contributed by atoms with Crippen molar-refractivity contribution in [1.82, 2.24) is 5.32 Å². The van der Waals surface area contributed by atoms with Gasteiger partial charge in [0.15, 0.2) is 5.78 Å². The van der Waals surface area contributed by atoms with Crippen LogP contribution in [0.1, 0.15) is 30.6 Å². The largest absolute Gasteiger partial charge is 0.492 e. The monoisotopic (exact) mass is 247 g/mol. The Kier molecular flexibility index (Phi) is 4.37. The maximum absolute atomic E-state index is 12.2. The van der Waals surface area contributed by atoms with Gasteiger partial charge in [-0.25, -0.2) is 0 Å². The van der Waals surface area contributed by atoms with E-state index in [1.807, 2.05) is 24.3 Å². The number of ketones is 1. The lowest BCUT2D eigenvalue weighted by molar-refractivity contribution is 0.0829. The predicted molar refractivity (Wildman–Crippen MR) is 72.1 cm³/mol. The molecule has 1 aliphatic rings. The van der Waals surface area contributed by atoms with Crippen LogP contribution in [-0.2, 0) is 0 Å². The van der Waals surface area contributed by atoms with E-state index in [4.69, 9.17) is 4.74 Å². The maximum Gasteiger partial charge on any atom is 0.174 e. The summed E-state index contributed by atoms with van der Waals surface area (Å²) in [4.78, 5) is 12.2. The van der Waals surface area contributed by atoms with Crippen molar-refractivity contribution in [2.75, 3.05) is 19.7 Å². The third-order valence-corrected chi connectivity index (χ3v) is 3.25. The highest BCUT2D eigenvalue weighted by Gasteiger charge is 2.27. The summed E-state index contributed by atoms with van der Waals surface area (Å²) in [6.45, 7) is 6.56. The van der Waals surface area contributed by atoms with Crippen molar-refractivity contribution in [2.45, 2.75) is 20.3 Å². The van der Waals surface area contributed by atoms with E-state index >= 15 is 0 Å². The summed E-state index contributed by atoms with van der Waals surface area (Å²) in [5, 5.41) is 3.35. The zero-order valence-electron chi connectivity index (χ0n) is 11.1. The standard InChI is InChI=1S/C15H21NO2/c1-11(2)7-8-16-9-12-10-18-14-6-4-3-5-13(14)15(12)17/h3-6,11-12,16H,7-10H2,1-2H3. The predicted octanol–water partition coefficient (Wildman–Crippen LogP) is 2.51. The summed E-state index contributed by atoms with van der Waals surface area (Å²) in [6, 6.07) is 7.48. The normalized spacial score (nSPS) is 18.6. The minimum atomic E-state index is -0.0490. The van der Waals surface area contributed by atoms with Gasteiger partial charge >= 0.3 is 0 Å². The average molecular weight is 247 g/mol. The number of rotatable bonds is 5. The first-order valence-electron chi connectivity index (χ1n) is 6.65. The highest BCUT2D eigenvalue weighted by molar-refractivity contribution is 6.01. The van der Waals surface area contributed by atoms with Gasteiger partial charge in [0.05, 0.1) is 18.1 Å². The van der Waals surface area contributed by atoms with Gasteiger partial charge in [-0.3, -0.25) is 4.79 Å². The third kappa shape index (κ3) is 3.10. The quantitative estimate of drug-likeness (QED) is 0.812. The van der Waals surface area contributed by atoms with Crippen LogP contribution in [-0.4, -0.2) is 25.5 Å². The summed E-state index contributed by atoms with van der Waals surface area (Å²) in [5.74, 6) is 1.57. The number of benzene rings is 1. The fraction of sp³-hybridized carbons (Fsp3) is 0.533. The van der Waals surface area contributed by atoms with Crippen molar-refractivity contribution >= 4 is 5.78 Å². The number of para-hydroxylation sites is 1.